The lowest BCUT2D eigenvalue weighted by atomic mass is 10.1. The third-order valence-electron chi connectivity index (χ3n) is 5.17. The fraction of sp³-hybridized carbons (Fsp3) is 0.318. The molecule has 0 amide bonds. The number of para-hydroxylation sites is 3. The highest BCUT2D eigenvalue weighted by Crippen LogP contribution is 2.27. The standard InChI is InChI=1S/C22H24N2O3/c1-2-26-21-10-6-4-8-19(21)24-13-11-23(12-14-24)15-17-16-27-20-9-5-3-7-18(20)22(17)25/h3-10,16H,2,11-15H2,1H3/p+1. The first-order valence-corrected chi connectivity index (χ1v) is 9.56. The monoisotopic (exact) mass is 365 g/mol. The number of hydrogen-bond acceptors (Lipinski definition) is 4. The van der Waals surface area contributed by atoms with Crippen LogP contribution < -0.4 is 20.0 Å². The molecule has 140 valence electrons. The summed E-state index contributed by atoms with van der Waals surface area (Å²) in [5.41, 5.74) is 2.66. The fourth-order valence-corrected chi connectivity index (χ4v) is 3.75. The lowest BCUT2D eigenvalue weighted by Crippen LogP contribution is -3.13. The molecule has 2 aromatic carbocycles. The van der Waals surface area contributed by atoms with E-state index in [4.69, 9.17) is 9.15 Å². The second-order valence-electron chi connectivity index (χ2n) is 6.90. The van der Waals surface area contributed by atoms with Crippen LogP contribution in [0.1, 0.15) is 12.5 Å². The number of fused-ring (bicyclic) bond motifs is 1. The molecule has 1 aliphatic heterocycles. The molecule has 1 saturated heterocycles. The summed E-state index contributed by atoms with van der Waals surface area (Å²) < 4.78 is 11.4. The van der Waals surface area contributed by atoms with Gasteiger partial charge in [0.05, 0.1) is 49.4 Å². The highest BCUT2D eigenvalue weighted by Gasteiger charge is 2.23. The number of piperazine rings is 1. The van der Waals surface area contributed by atoms with E-state index in [2.05, 4.69) is 17.0 Å². The van der Waals surface area contributed by atoms with Crippen molar-refractivity contribution in [3.63, 3.8) is 0 Å². The van der Waals surface area contributed by atoms with E-state index < -0.39 is 0 Å². The maximum atomic E-state index is 12.7. The second-order valence-corrected chi connectivity index (χ2v) is 6.90. The van der Waals surface area contributed by atoms with Gasteiger partial charge in [0.2, 0.25) is 5.43 Å². The smallest absolute Gasteiger partial charge is 0.201 e. The molecule has 0 atom stereocenters. The third kappa shape index (κ3) is 3.69. The Morgan fingerprint density at radius 3 is 2.63 bits per heavy atom. The first-order valence-electron chi connectivity index (χ1n) is 9.56. The normalized spacial score (nSPS) is 15.2. The molecule has 2 heterocycles. The average Bonchev–Trinajstić information content (AvgIpc) is 2.72. The van der Waals surface area contributed by atoms with Gasteiger partial charge in [0.25, 0.3) is 0 Å². The summed E-state index contributed by atoms with van der Waals surface area (Å²) in [6.07, 6.45) is 1.63. The van der Waals surface area contributed by atoms with E-state index >= 15 is 0 Å². The van der Waals surface area contributed by atoms with Gasteiger partial charge in [-0.15, -0.1) is 0 Å². The number of hydrogen-bond donors (Lipinski definition) is 1. The zero-order valence-corrected chi connectivity index (χ0v) is 15.6. The van der Waals surface area contributed by atoms with E-state index in [1.54, 1.807) is 6.26 Å². The lowest BCUT2D eigenvalue weighted by Gasteiger charge is -2.34. The van der Waals surface area contributed by atoms with Gasteiger partial charge in [-0.05, 0) is 31.2 Å². The zero-order valence-electron chi connectivity index (χ0n) is 15.6. The Bertz CT molecular complexity index is 974. The molecule has 0 spiro atoms. The van der Waals surface area contributed by atoms with Crippen LogP contribution in [0.2, 0.25) is 0 Å². The Balaban J connectivity index is 1.45. The van der Waals surface area contributed by atoms with Crippen molar-refractivity contribution in [3.05, 3.63) is 70.6 Å². The maximum Gasteiger partial charge on any atom is 0.201 e. The molecule has 0 saturated carbocycles. The van der Waals surface area contributed by atoms with Crippen LogP contribution in [0.3, 0.4) is 0 Å². The molecule has 0 radical (unpaired) electrons. The Morgan fingerprint density at radius 2 is 1.81 bits per heavy atom. The molecular formula is C22H25N2O3+. The van der Waals surface area contributed by atoms with Gasteiger partial charge in [-0.1, -0.05) is 24.3 Å². The molecule has 27 heavy (non-hydrogen) atoms. The SMILES string of the molecule is CCOc1ccccc1N1CC[NH+](Cc2coc3ccccc3c2=O)CC1. The van der Waals surface area contributed by atoms with Crippen molar-refractivity contribution in [2.45, 2.75) is 13.5 Å². The molecule has 1 aliphatic rings. The van der Waals surface area contributed by atoms with Crippen LogP contribution >= 0.6 is 0 Å². The summed E-state index contributed by atoms with van der Waals surface area (Å²) in [6, 6.07) is 15.6. The molecule has 4 rings (SSSR count). The van der Waals surface area contributed by atoms with E-state index in [0.29, 0.717) is 24.1 Å². The summed E-state index contributed by atoms with van der Waals surface area (Å²) >= 11 is 0. The maximum absolute atomic E-state index is 12.7. The predicted octanol–water partition coefficient (Wildman–Crippen LogP) is 2.10. The Morgan fingerprint density at radius 1 is 1.07 bits per heavy atom. The van der Waals surface area contributed by atoms with Gasteiger partial charge >= 0.3 is 0 Å². The number of nitrogens with one attached hydrogen (secondary N) is 1. The Labute approximate surface area is 158 Å². The Hall–Kier alpha value is -2.79. The zero-order chi connectivity index (χ0) is 18.6. The van der Waals surface area contributed by atoms with Gasteiger partial charge in [-0.25, -0.2) is 0 Å². The first kappa shape index (κ1) is 17.6. The van der Waals surface area contributed by atoms with Crippen LogP contribution in [0.25, 0.3) is 11.0 Å². The minimum Gasteiger partial charge on any atom is -0.492 e. The van der Waals surface area contributed by atoms with Gasteiger partial charge in [0.15, 0.2) is 0 Å². The van der Waals surface area contributed by atoms with Crippen LogP contribution in [0, 0.1) is 0 Å². The summed E-state index contributed by atoms with van der Waals surface area (Å²) in [5, 5.41) is 0.665. The molecule has 1 fully saturated rings. The fourth-order valence-electron chi connectivity index (χ4n) is 3.75. The molecule has 0 bridgehead atoms. The van der Waals surface area contributed by atoms with E-state index in [-0.39, 0.29) is 5.43 Å². The highest BCUT2D eigenvalue weighted by molar-refractivity contribution is 5.76. The van der Waals surface area contributed by atoms with Crippen LogP contribution in [0.4, 0.5) is 5.69 Å². The van der Waals surface area contributed by atoms with Crippen molar-refractivity contribution in [3.8, 4) is 5.75 Å². The molecule has 5 nitrogen and oxygen atoms in total. The van der Waals surface area contributed by atoms with Gasteiger partial charge in [-0.2, -0.15) is 0 Å². The lowest BCUT2D eigenvalue weighted by molar-refractivity contribution is -0.914. The predicted molar refractivity (Wildman–Crippen MR) is 107 cm³/mol. The van der Waals surface area contributed by atoms with Gasteiger partial charge < -0.3 is 19.0 Å². The van der Waals surface area contributed by atoms with Gasteiger partial charge in [-0.3, -0.25) is 4.79 Å². The second kappa shape index (κ2) is 7.84. The number of rotatable bonds is 5. The topological polar surface area (TPSA) is 47.1 Å². The van der Waals surface area contributed by atoms with Crippen molar-refractivity contribution in [2.24, 2.45) is 0 Å². The number of nitrogens with zero attached hydrogens (tertiary/aromatic N) is 1. The number of ether oxygens (including phenoxy) is 1. The first-order chi connectivity index (χ1) is 13.3. The largest absolute Gasteiger partial charge is 0.492 e. The van der Waals surface area contributed by atoms with Crippen molar-refractivity contribution >= 4 is 16.7 Å². The molecular weight excluding hydrogens is 340 g/mol. The van der Waals surface area contributed by atoms with E-state index in [1.165, 1.54) is 4.90 Å². The summed E-state index contributed by atoms with van der Waals surface area (Å²) in [5.74, 6) is 0.943. The number of benzene rings is 2. The van der Waals surface area contributed by atoms with Crippen LogP contribution in [0.5, 0.6) is 5.75 Å². The Kier molecular flexibility index (Phi) is 5.12. The number of quaternary nitrogens is 1. The molecule has 0 unspecified atom stereocenters. The van der Waals surface area contributed by atoms with Gasteiger partial charge in [0.1, 0.15) is 24.1 Å². The molecule has 1 N–H and O–H groups in total. The minimum atomic E-state index is 0.0912. The molecule has 1 aromatic heterocycles. The van der Waals surface area contributed by atoms with Crippen LogP contribution in [0.15, 0.2) is 64.0 Å². The van der Waals surface area contributed by atoms with Gasteiger partial charge in [0, 0.05) is 0 Å². The van der Waals surface area contributed by atoms with Crippen molar-refractivity contribution < 1.29 is 14.1 Å². The average molecular weight is 365 g/mol. The molecule has 5 heteroatoms. The summed E-state index contributed by atoms with van der Waals surface area (Å²) in [4.78, 5) is 16.5. The third-order valence-corrected chi connectivity index (χ3v) is 5.17. The van der Waals surface area contributed by atoms with E-state index in [0.717, 1.165) is 43.2 Å². The van der Waals surface area contributed by atoms with Crippen molar-refractivity contribution in [2.75, 3.05) is 37.7 Å². The van der Waals surface area contributed by atoms with E-state index in [1.807, 2.05) is 43.3 Å². The number of anilines is 1. The van der Waals surface area contributed by atoms with E-state index in [9.17, 15) is 4.79 Å². The molecule has 0 aliphatic carbocycles. The minimum absolute atomic E-state index is 0.0912. The van der Waals surface area contributed by atoms with Crippen molar-refractivity contribution in [1.29, 1.82) is 0 Å². The summed E-state index contributed by atoms with van der Waals surface area (Å²) in [7, 11) is 0. The van der Waals surface area contributed by atoms with Crippen LogP contribution in [-0.4, -0.2) is 32.8 Å². The molecule has 3 aromatic rings. The summed E-state index contributed by atoms with van der Waals surface area (Å²) in [6.45, 7) is 7.22. The quantitative estimate of drug-likeness (QED) is 0.752. The van der Waals surface area contributed by atoms with Crippen molar-refractivity contribution in [1.82, 2.24) is 0 Å². The van der Waals surface area contributed by atoms with Crippen LogP contribution in [-0.2, 0) is 6.54 Å². The highest BCUT2D eigenvalue weighted by atomic mass is 16.5.